The monoisotopic (exact) mass is 220 g/mol. The standard InChI is InChI=1S/C12H13FN2O/c1-3-11-8(2)14-15(12(11)16)10-6-4-5-9(13)7-10/h4-7,14H,3H2,1-2H3. The molecule has 2 aromatic rings. The van der Waals surface area contributed by atoms with Crippen LogP contribution in [0.5, 0.6) is 0 Å². The third kappa shape index (κ3) is 1.66. The normalized spacial score (nSPS) is 10.7. The van der Waals surface area contributed by atoms with E-state index >= 15 is 0 Å². The topological polar surface area (TPSA) is 37.8 Å². The highest BCUT2D eigenvalue weighted by atomic mass is 19.1. The van der Waals surface area contributed by atoms with E-state index in [1.54, 1.807) is 12.1 Å². The van der Waals surface area contributed by atoms with Gasteiger partial charge in [0.05, 0.1) is 5.69 Å². The first-order chi connectivity index (χ1) is 7.63. The van der Waals surface area contributed by atoms with Crippen LogP contribution in [0, 0.1) is 12.7 Å². The average Bonchev–Trinajstić information content (AvgIpc) is 2.54. The molecule has 0 aliphatic heterocycles. The van der Waals surface area contributed by atoms with Gasteiger partial charge in [-0.05, 0) is 31.5 Å². The molecule has 84 valence electrons. The minimum Gasteiger partial charge on any atom is -0.295 e. The Balaban J connectivity index is 2.61. The summed E-state index contributed by atoms with van der Waals surface area (Å²) in [6.45, 7) is 3.77. The molecule has 1 N–H and O–H groups in total. The SMILES string of the molecule is CCc1c(C)[nH]n(-c2cccc(F)c2)c1=O. The van der Waals surface area contributed by atoms with Crippen LogP contribution < -0.4 is 5.56 Å². The number of rotatable bonds is 2. The fourth-order valence-electron chi connectivity index (χ4n) is 1.79. The van der Waals surface area contributed by atoms with Crippen LogP contribution in [0.2, 0.25) is 0 Å². The summed E-state index contributed by atoms with van der Waals surface area (Å²) in [6, 6.07) is 5.96. The largest absolute Gasteiger partial charge is 0.295 e. The fraction of sp³-hybridized carbons (Fsp3) is 0.250. The first-order valence-corrected chi connectivity index (χ1v) is 5.20. The third-order valence-corrected chi connectivity index (χ3v) is 2.61. The second-order valence-electron chi connectivity index (χ2n) is 3.69. The van der Waals surface area contributed by atoms with Crippen molar-refractivity contribution in [3.05, 3.63) is 51.7 Å². The second-order valence-corrected chi connectivity index (χ2v) is 3.69. The highest BCUT2D eigenvalue weighted by Gasteiger charge is 2.10. The molecule has 3 nitrogen and oxygen atoms in total. The van der Waals surface area contributed by atoms with Gasteiger partial charge in [-0.2, -0.15) is 0 Å². The van der Waals surface area contributed by atoms with Crippen LogP contribution >= 0.6 is 0 Å². The van der Waals surface area contributed by atoms with Crippen LogP contribution in [-0.4, -0.2) is 9.78 Å². The van der Waals surface area contributed by atoms with Crippen molar-refractivity contribution in [3.63, 3.8) is 0 Å². The van der Waals surface area contributed by atoms with E-state index in [2.05, 4.69) is 5.10 Å². The first-order valence-electron chi connectivity index (χ1n) is 5.20. The van der Waals surface area contributed by atoms with E-state index in [0.717, 1.165) is 11.3 Å². The maximum Gasteiger partial charge on any atom is 0.274 e. The summed E-state index contributed by atoms with van der Waals surface area (Å²) in [7, 11) is 0. The zero-order valence-corrected chi connectivity index (χ0v) is 9.25. The Morgan fingerprint density at radius 2 is 2.19 bits per heavy atom. The van der Waals surface area contributed by atoms with Gasteiger partial charge in [-0.1, -0.05) is 13.0 Å². The molecule has 0 bridgehead atoms. The van der Waals surface area contributed by atoms with E-state index in [-0.39, 0.29) is 11.4 Å². The molecule has 0 unspecified atom stereocenters. The molecule has 0 saturated carbocycles. The third-order valence-electron chi connectivity index (χ3n) is 2.61. The summed E-state index contributed by atoms with van der Waals surface area (Å²) in [6.07, 6.45) is 0.670. The Morgan fingerprint density at radius 1 is 1.44 bits per heavy atom. The van der Waals surface area contributed by atoms with Crippen molar-refractivity contribution in [1.29, 1.82) is 0 Å². The Bertz CT molecular complexity index is 569. The minimum atomic E-state index is -0.352. The lowest BCUT2D eigenvalue weighted by molar-refractivity contribution is 0.625. The van der Waals surface area contributed by atoms with Crippen LogP contribution in [0.15, 0.2) is 29.1 Å². The molecule has 1 aromatic heterocycles. The highest BCUT2D eigenvalue weighted by Crippen LogP contribution is 2.09. The summed E-state index contributed by atoms with van der Waals surface area (Å²) in [5.74, 6) is -0.352. The van der Waals surface area contributed by atoms with Crippen molar-refractivity contribution in [1.82, 2.24) is 9.78 Å². The van der Waals surface area contributed by atoms with E-state index in [9.17, 15) is 9.18 Å². The van der Waals surface area contributed by atoms with Crippen LogP contribution in [0.3, 0.4) is 0 Å². The fourth-order valence-corrected chi connectivity index (χ4v) is 1.79. The predicted molar refractivity (Wildman–Crippen MR) is 60.5 cm³/mol. The van der Waals surface area contributed by atoms with Crippen molar-refractivity contribution in [3.8, 4) is 5.69 Å². The minimum absolute atomic E-state index is 0.106. The van der Waals surface area contributed by atoms with E-state index in [1.165, 1.54) is 16.8 Å². The summed E-state index contributed by atoms with van der Waals surface area (Å²) >= 11 is 0. The Hall–Kier alpha value is -1.84. The number of aryl methyl sites for hydroxylation is 1. The molecule has 1 aromatic carbocycles. The van der Waals surface area contributed by atoms with Crippen molar-refractivity contribution in [2.45, 2.75) is 20.3 Å². The molecule has 0 amide bonds. The zero-order chi connectivity index (χ0) is 11.7. The van der Waals surface area contributed by atoms with Crippen molar-refractivity contribution < 1.29 is 4.39 Å². The number of halogens is 1. The van der Waals surface area contributed by atoms with Crippen LogP contribution in [0.4, 0.5) is 4.39 Å². The number of aromatic amines is 1. The van der Waals surface area contributed by atoms with Crippen molar-refractivity contribution in [2.24, 2.45) is 0 Å². The first kappa shape index (κ1) is 10.7. The highest BCUT2D eigenvalue weighted by molar-refractivity contribution is 5.33. The summed E-state index contributed by atoms with van der Waals surface area (Å²) in [5.41, 5.74) is 1.99. The number of nitrogens with one attached hydrogen (secondary N) is 1. The van der Waals surface area contributed by atoms with Gasteiger partial charge in [0.25, 0.3) is 5.56 Å². The lowest BCUT2D eigenvalue weighted by Crippen LogP contribution is -2.17. The molecule has 16 heavy (non-hydrogen) atoms. The quantitative estimate of drug-likeness (QED) is 0.827. The van der Waals surface area contributed by atoms with E-state index < -0.39 is 0 Å². The number of benzene rings is 1. The molecule has 0 saturated heterocycles. The summed E-state index contributed by atoms with van der Waals surface area (Å²) < 4.78 is 14.4. The van der Waals surface area contributed by atoms with Gasteiger partial charge >= 0.3 is 0 Å². The van der Waals surface area contributed by atoms with Crippen LogP contribution in [0.25, 0.3) is 5.69 Å². The molecule has 0 fully saturated rings. The summed E-state index contributed by atoms with van der Waals surface area (Å²) in [4.78, 5) is 11.9. The maximum atomic E-state index is 13.0. The lowest BCUT2D eigenvalue weighted by atomic mass is 10.2. The van der Waals surface area contributed by atoms with Crippen molar-refractivity contribution in [2.75, 3.05) is 0 Å². The van der Waals surface area contributed by atoms with Gasteiger partial charge in [-0.25, -0.2) is 9.07 Å². The molecule has 2 rings (SSSR count). The Kier molecular flexibility index (Phi) is 2.64. The molecular formula is C12H13FN2O. The molecule has 1 heterocycles. The number of nitrogens with zero attached hydrogens (tertiary/aromatic N) is 1. The molecular weight excluding hydrogens is 207 g/mol. The number of hydrogen-bond donors (Lipinski definition) is 1. The smallest absolute Gasteiger partial charge is 0.274 e. The molecule has 0 aliphatic rings. The zero-order valence-electron chi connectivity index (χ0n) is 9.25. The summed E-state index contributed by atoms with van der Waals surface area (Å²) in [5, 5.41) is 2.94. The predicted octanol–water partition coefficient (Wildman–Crippen LogP) is 2.18. The van der Waals surface area contributed by atoms with Gasteiger partial charge in [0, 0.05) is 11.3 Å². The molecule has 0 radical (unpaired) electrons. The van der Waals surface area contributed by atoms with Crippen LogP contribution in [-0.2, 0) is 6.42 Å². The van der Waals surface area contributed by atoms with Crippen LogP contribution in [0.1, 0.15) is 18.2 Å². The van der Waals surface area contributed by atoms with E-state index in [0.29, 0.717) is 12.1 Å². The Morgan fingerprint density at radius 3 is 2.75 bits per heavy atom. The van der Waals surface area contributed by atoms with Gasteiger partial charge in [0.1, 0.15) is 5.82 Å². The molecule has 4 heteroatoms. The van der Waals surface area contributed by atoms with Gasteiger partial charge in [-0.3, -0.25) is 9.89 Å². The second kappa shape index (κ2) is 3.96. The van der Waals surface area contributed by atoms with Gasteiger partial charge < -0.3 is 0 Å². The van der Waals surface area contributed by atoms with Gasteiger partial charge in [-0.15, -0.1) is 0 Å². The number of H-pyrrole nitrogens is 1. The number of hydrogen-bond acceptors (Lipinski definition) is 1. The molecule has 0 spiro atoms. The lowest BCUT2D eigenvalue weighted by Gasteiger charge is -2.00. The maximum absolute atomic E-state index is 13.0. The Labute approximate surface area is 92.5 Å². The van der Waals surface area contributed by atoms with Crippen molar-refractivity contribution >= 4 is 0 Å². The van der Waals surface area contributed by atoms with Gasteiger partial charge in [0.2, 0.25) is 0 Å². The molecule has 0 atom stereocenters. The average molecular weight is 220 g/mol. The number of aromatic nitrogens is 2. The van der Waals surface area contributed by atoms with E-state index in [4.69, 9.17) is 0 Å². The van der Waals surface area contributed by atoms with E-state index in [1.807, 2.05) is 13.8 Å². The molecule has 0 aliphatic carbocycles. The van der Waals surface area contributed by atoms with Gasteiger partial charge in [0.15, 0.2) is 0 Å².